The Bertz CT molecular complexity index is 498. The van der Waals surface area contributed by atoms with Crippen molar-refractivity contribution in [1.29, 1.82) is 5.26 Å². The van der Waals surface area contributed by atoms with Crippen LogP contribution >= 0.6 is 0 Å². The molecule has 2 heterocycles. The average molecular weight is 276 g/mol. The molecule has 6 nitrogen and oxygen atoms in total. The second-order valence-electron chi connectivity index (χ2n) is 4.40. The second-order valence-corrected chi connectivity index (χ2v) is 4.40. The molecular weight excluding hydrogens is 256 g/mol. The molecule has 2 unspecified atom stereocenters. The molecule has 20 heavy (non-hydrogen) atoms. The lowest BCUT2D eigenvalue weighted by atomic mass is 10.1. The summed E-state index contributed by atoms with van der Waals surface area (Å²) in [5.74, 6) is -0.470. The lowest BCUT2D eigenvalue weighted by molar-refractivity contribution is -0.119. The molecule has 0 spiro atoms. The van der Waals surface area contributed by atoms with E-state index >= 15 is 0 Å². The highest BCUT2D eigenvalue weighted by molar-refractivity contribution is 5.94. The van der Waals surface area contributed by atoms with Gasteiger partial charge in [-0.3, -0.25) is 14.7 Å². The molecule has 0 aromatic carbocycles. The van der Waals surface area contributed by atoms with Gasteiger partial charge in [0.05, 0.1) is 29.9 Å². The number of amides is 1. The Kier molecular flexibility index (Phi) is 5.94. The highest BCUT2D eigenvalue weighted by Gasteiger charge is 2.34. The van der Waals surface area contributed by atoms with E-state index in [2.05, 4.69) is 16.4 Å². The Balaban J connectivity index is 0.000000956. The molecule has 0 saturated carbocycles. The zero-order valence-corrected chi connectivity index (χ0v) is 12.0. The quantitative estimate of drug-likeness (QED) is 0.856. The Morgan fingerprint density at radius 3 is 2.85 bits per heavy atom. The van der Waals surface area contributed by atoms with Crippen LogP contribution in [-0.4, -0.2) is 40.5 Å². The van der Waals surface area contributed by atoms with E-state index in [0.717, 1.165) is 0 Å². The Labute approximate surface area is 119 Å². The second kappa shape index (κ2) is 7.46. The maximum atomic E-state index is 12.0. The van der Waals surface area contributed by atoms with Crippen molar-refractivity contribution in [1.82, 2.24) is 9.88 Å². The van der Waals surface area contributed by atoms with Crippen LogP contribution in [0.4, 0.5) is 5.69 Å². The molecular formula is C14H20N4O2. The SMILES string of the molecule is CC.CN1CC(C(=O)Nc2ccncc2O)CC1C#N. The van der Waals surface area contributed by atoms with Crippen molar-refractivity contribution < 1.29 is 9.90 Å². The number of rotatable bonds is 2. The lowest BCUT2D eigenvalue weighted by Gasteiger charge is -2.12. The summed E-state index contributed by atoms with van der Waals surface area (Å²) in [6.45, 7) is 4.55. The number of aromatic nitrogens is 1. The number of carbonyl (C=O) groups is 1. The predicted molar refractivity (Wildman–Crippen MR) is 76.0 cm³/mol. The van der Waals surface area contributed by atoms with Gasteiger partial charge in [-0.05, 0) is 19.5 Å². The molecule has 0 aliphatic carbocycles. The van der Waals surface area contributed by atoms with Crippen LogP contribution < -0.4 is 5.32 Å². The molecule has 108 valence electrons. The Hall–Kier alpha value is -2.13. The van der Waals surface area contributed by atoms with Gasteiger partial charge < -0.3 is 10.4 Å². The molecule has 6 heteroatoms. The van der Waals surface area contributed by atoms with Crippen molar-refractivity contribution in [2.24, 2.45) is 5.92 Å². The van der Waals surface area contributed by atoms with E-state index < -0.39 is 0 Å². The van der Waals surface area contributed by atoms with Crippen molar-refractivity contribution >= 4 is 11.6 Å². The minimum Gasteiger partial charge on any atom is -0.504 e. The van der Waals surface area contributed by atoms with Crippen molar-refractivity contribution in [3.8, 4) is 11.8 Å². The normalized spacial score (nSPS) is 21.5. The van der Waals surface area contributed by atoms with E-state index in [4.69, 9.17) is 5.26 Å². The minimum absolute atomic E-state index is 0.0611. The van der Waals surface area contributed by atoms with Gasteiger partial charge in [0.2, 0.25) is 5.91 Å². The highest BCUT2D eigenvalue weighted by atomic mass is 16.3. The number of nitrogens with zero attached hydrogens (tertiary/aromatic N) is 3. The number of nitrogens with one attached hydrogen (secondary N) is 1. The number of aromatic hydroxyl groups is 1. The largest absolute Gasteiger partial charge is 0.504 e. The third-order valence-electron chi connectivity index (χ3n) is 3.13. The van der Waals surface area contributed by atoms with E-state index in [1.807, 2.05) is 25.8 Å². The number of hydrogen-bond donors (Lipinski definition) is 2. The van der Waals surface area contributed by atoms with E-state index in [0.29, 0.717) is 18.7 Å². The lowest BCUT2D eigenvalue weighted by Crippen LogP contribution is -2.26. The number of nitriles is 1. The van der Waals surface area contributed by atoms with Crippen molar-refractivity contribution in [3.63, 3.8) is 0 Å². The fourth-order valence-corrected chi connectivity index (χ4v) is 2.07. The number of hydrogen-bond acceptors (Lipinski definition) is 5. The molecule has 1 aromatic heterocycles. The first-order valence-electron chi connectivity index (χ1n) is 6.65. The molecule has 2 atom stereocenters. The molecule has 1 fully saturated rings. The molecule has 0 radical (unpaired) electrons. The van der Waals surface area contributed by atoms with Gasteiger partial charge >= 0.3 is 0 Å². The maximum Gasteiger partial charge on any atom is 0.228 e. The summed E-state index contributed by atoms with van der Waals surface area (Å²) in [4.78, 5) is 17.6. The summed E-state index contributed by atoms with van der Waals surface area (Å²) in [6.07, 6.45) is 3.29. The van der Waals surface area contributed by atoms with Gasteiger partial charge in [0, 0.05) is 12.7 Å². The van der Waals surface area contributed by atoms with Crippen LogP contribution in [0.1, 0.15) is 20.3 Å². The van der Waals surface area contributed by atoms with Crippen LogP contribution in [0, 0.1) is 17.2 Å². The fourth-order valence-electron chi connectivity index (χ4n) is 2.07. The smallest absolute Gasteiger partial charge is 0.228 e. The van der Waals surface area contributed by atoms with Crippen LogP contribution in [-0.2, 0) is 4.79 Å². The third-order valence-corrected chi connectivity index (χ3v) is 3.13. The monoisotopic (exact) mass is 276 g/mol. The standard InChI is InChI=1S/C12H14N4O2.C2H6/c1-16-7-8(4-9(16)5-13)12(18)15-10-2-3-14-6-11(10)17;1-2/h2-3,6,8-9,17H,4,7H2,1H3,(H,14,15,18);1-2H3. The third kappa shape index (κ3) is 3.68. The van der Waals surface area contributed by atoms with E-state index in [9.17, 15) is 9.90 Å². The molecule has 1 saturated heterocycles. The highest BCUT2D eigenvalue weighted by Crippen LogP contribution is 2.25. The maximum absolute atomic E-state index is 12.0. The minimum atomic E-state index is -0.229. The number of anilines is 1. The van der Waals surface area contributed by atoms with Crippen molar-refractivity contribution in [2.75, 3.05) is 18.9 Å². The van der Waals surface area contributed by atoms with Crippen LogP contribution in [0.3, 0.4) is 0 Å². The molecule has 2 rings (SSSR count). The van der Waals surface area contributed by atoms with Gasteiger partial charge in [0.25, 0.3) is 0 Å². The fraction of sp³-hybridized carbons (Fsp3) is 0.500. The molecule has 2 N–H and O–H groups in total. The zero-order chi connectivity index (χ0) is 15.1. The van der Waals surface area contributed by atoms with E-state index in [-0.39, 0.29) is 23.6 Å². The molecule has 1 aliphatic rings. The number of likely N-dealkylation sites (tertiary alicyclic amines) is 1. The first kappa shape index (κ1) is 15.9. The van der Waals surface area contributed by atoms with Crippen molar-refractivity contribution in [3.05, 3.63) is 18.5 Å². The first-order chi connectivity index (χ1) is 9.61. The summed E-state index contributed by atoms with van der Waals surface area (Å²) in [5.41, 5.74) is 0.345. The Morgan fingerprint density at radius 2 is 2.30 bits per heavy atom. The van der Waals surface area contributed by atoms with Gasteiger partial charge in [0.15, 0.2) is 5.75 Å². The number of carbonyl (C=O) groups excluding carboxylic acids is 1. The molecule has 0 bridgehead atoms. The Morgan fingerprint density at radius 1 is 1.60 bits per heavy atom. The topological polar surface area (TPSA) is 89.2 Å². The van der Waals surface area contributed by atoms with Crippen LogP contribution in [0.25, 0.3) is 0 Å². The average Bonchev–Trinajstić information content (AvgIpc) is 2.85. The van der Waals surface area contributed by atoms with Gasteiger partial charge in [0.1, 0.15) is 0 Å². The molecule has 1 aromatic rings. The summed E-state index contributed by atoms with van der Waals surface area (Å²) in [5, 5.41) is 21.1. The predicted octanol–water partition coefficient (Wildman–Crippen LogP) is 1.60. The first-order valence-corrected chi connectivity index (χ1v) is 6.65. The van der Waals surface area contributed by atoms with Crippen LogP contribution in [0.2, 0.25) is 0 Å². The van der Waals surface area contributed by atoms with Crippen molar-refractivity contribution in [2.45, 2.75) is 26.3 Å². The van der Waals surface area contributed by atoms with Gasteiger partial charge in [-0.2, -0.15) is 5.26 Å². The molecule has 1 aliphatic heterocycles. The summed E-state index contributed by atoms with van der Waals surface area (Å²) in [7, 11) is 1.82. The summed E-state index contributed by atoms with van der Waals surface area (Å²) < 4.78 is 0. The van der Waals surface area contributed by atoms with E-state index in [1.54, 1.807) is 0 Å². The summed E-state index contributed by atoms with van der Waals surface area (Å²) >= 11 is 0. The number of pyridine rings is 1. The zero-order valence-electron chi connectivity index (χ0n) is 12.0. The van der Waals surface area contributed by atoms with Crippen LogP contribution in [0.15, 0.2) is 18.5 Å². The van der Waals surface area contributed by atoms with Gasteiger partial charge in [-0.1, -0.05) is 13.8 Å². The van der Waals surface area contributed by atoms with E-state index in [1.165, 1.54) is 18.5 Å². The van der Waals surface area contributed by atoms with Gasteiger partial charge in [-0.15, -0.1) is 0 Å². The van der Waals surface area contributed by atoms with Gasteiger partial charge in [-0.25, -0.2) is 0 Å². The molecule has 1 amide bonds. The van der Waals surface area contributed by atoms with Crippen LogP contribution in [0.5, 0.6) is 5.75 Å². The summed E-state index contributed by atoms with van der Waals surface area (Å²) in [6, 6.07) is 3.48.